The van der Waals surface area contributed by atoms with Crippen molar-refractivity contribution in [1.82, 2.24) is 10.6 Å². The maximum atomic E-state index is 13.0. The zero-order valence-electron chi connectivity index (χ0n) is 10.5. The van der Waals surface area contributed by atoms with E-state index in [0.29, 0.717) is 12.1 Å². The molecule has 1 aromatic carbocycles. The van der Waals surface area contributed by atoms with E-state index < -0.39 is 0 Å². The number of amides is 1. The summed E-state index contributed by atoms with van der Waals surface area (Å²) in [5, 5.41) is 5.86. The lowest BCUT2D eigenvalue weighted by Gasteiger charge is -2.15. The zero-order chi connectivity index (χ0) is 12.8. The molecule has 0 saturated carbocycles. The molecular formula is C13H19FN2O. The molecular weight excluding hydrogens is 219 g/mol. The molecule has 0 aliphatic carbocycles. The highest BCUT2D eigenvalue weighted by Crippen LogP contribution is 2.16. The predicted molar refractivity (Wildman–Crippen MR) is 66.3 cm³/mol. The average molecular weight is 238 g/mol. The van der Waals surface area contributed by atoms with Gasteiger partial charge in [0.25, 0.3) is 0 Å². The van der Waals surface area contributed by atoms with E-state index in [0.717, 1.165) is 0 Å². The standard InChI is InChI=1S/C13H19FN2O/c1-9(15-3)8-16-13(17)10(2)11-5-4-6-12(14)7-11/h4-7,9-10,15H,8H2,1-3H3,(H,16,17). The van der Waals surface area contributed by atoms with Gasteiger partial charge in [-0.1, -0.05) is 12.1 Å². The maximum Gasteiger partial charge on any atom is 0.227 e. The third-order valence-electron chi connectivity index (χ3n) is 2.82. The first-order chi connectivity index (χ1) is 8.04. The van der Waals surface area contributed by atoms with E-state index in [1.165, 1.54) is 12.1 Å². The first kappa shape index (κ1) is 13.6. The lowest BCUT2D eigenvalue weighted by molar-refractivity contribution is -0.122. The molecule has 1 aromatic rings. The third-order valence-corrected chi connectivity index (χ3v) is 2.82. The van der Waals surface area contributed by atoms with Gasteiger partial charge in [-0.3, -0.25) is 4.79 Å². The Morgan fingerprint density at radius 2 is 2.12 bits per heavy atom. The first-order valence-electron chi connectivity index (χ1n) is 5.75. The number of likely N-dealkylation sites (N-methyl/N-ethyl adjacent to an activating group) is 1. The number of hydrogen-bond donors (Lipinski definition) is 2. The lowest BCUT2D eigenvalue weighted by atomic mass is 10.0. The molecule has 4 heteroatoms. The number of benzene rings is 1. The van der Waals surface area contributed by atoms with Crippen LogP contribution in [0.2, 0.25) is 0 Å². The Kier molecular flexibility index (Phi) is 5.10. The van der Waals surface area contributed by atoms with Crippen molar-refractivity contribution in [2.45, 2.75) is 25.8 Å². The molecule has 0 aliphatic rings. The fraction of sp³-hybridized carbons (Fsp3) is 0.462. The molecule has 0 fully saturated rings. The molecule has 17 heavy (non-hydrogen) atoms. The van der Waals surface area contributed by atoms with Crippen molar-refractivity contribution in [1.29, 1.82) is 0 Å². The summed E-state index contributed by atoms with van der Waals surface area (Å²) in [6.45, 7) is 4.32. The van der Waals surface area contributed by atoms with Crippen LogP contribution in [-0.4, -0.2) is 25.5 Å². The normalized spacial score (nSPS) is 14.1. The second kappa shape index (κ2) is 6.35. The van der Waals surface area contributed by atoms with Crippen molar-refractivity contribution < 1.29 is 9.18 Å². The van der Waals surface area contributed by atoms with E-state index in [9.17, 15) is 9.18 Å². The van der Waals surface area contributed by atoms with Crippen LogP contribution in [0, 0.1) is 5.82 Å². The average Bonchev–Trinajstić information content (AvgIpc) is 2.34. The van der Waals surface area contributed by atoms with Gasteiger partial charge in [-0.05, 0) is 38.6 Å². The van der Waals surface area contributed by atoms with Gasteiger partial charge >= 0.3 is 0 Å². The minimum Gasteiger partial charge on any atom is -0.354 e. The van der Waals surface area contributed by atoms with Crippen molar-refractivity contribution >= 4 is 5.91 Å². The van der Waals surface area contributed by atoms with Gasteiger partial charge in [-0.2, -0.15) is 0 Å². The van der Waals surface area contributed by atoms with Crippen LogP contribution in [0.4, 0.5) is 4.39 Å². The monoisotopic (exact) mass is 238 g/mol. The molecule has 2 atom stereocenters. The fourth-order valence-electron chi connectivity index (χ4n) is 1.44. The minimum absolute atomic E-state index is 0.0855. The smallest absolute Gasteiger partial charge is 0.227 e. The van der Waals surface area contributed by atoms with Gasteiger partial charge in [-0.25, -0.2) is 4.39 Å². The van der Waals surface area contributed by atoms with Gasteiger partial charge in [-0.15, -0.1) is 0 Å². The molecule has 0 aromatic heterocycles. The van der Waals surface area contributed by atoms with Crippen LogP contribution in [0.5, 0.6) is 0 Å². The van der Waals surface area contributed by atoms with Crippen LogP contribution in [0.3, 0.4) is 0 Å². The van der Waals surface area contributed by atoms with Crippen LogP contribution >= 0.6 is 0 Å². The van der Waals surface area contributed by atoms with Crippen molar-refractivity contribution in [3.63, 3.8) is 0 Å². The fourth-order valence-corrected chi connectivity index (χ4v) is 1.44. The molecule has 0 aliphatic heterocycles. The van der Waals surface area contributed by atoms with E-state index in [4.69, 9.17) is 0 Å². The Hall–Kier alpha value is -1.42. The molecule has 2 N–H and O–H groups in total. The van der Waals surface area contributed by atoms with Gasteiger partial charge in [0.2, 0.25) is 5.91 Å². The third kappa shape index (κ3) is 4.15. The summed E-state index contributed by atoms with van der Waals surface area (Å²) in [6.07, 6.45) is 0. The van der Waals surface area contributed by atoms with E-state index in [-0.39, 0.29) is 23.7 Å². The number of rotatable bonds is 5. The topological polar surface area (TPSA) is 41.1 Å². The second-order valence-corrected chi connectivity index (χ2v) is 4.21. The van der Waals surface area contributed by atoms with Gasteiger partial charge < -0.3 is 10.6 Å². The molecule has 0 saturated heterocycles. The summed E-state index contributed by atoms with van der Waals surface area (Å²) in [5.41, 5.74) is 0.694. The summed E-state index contributed by atoms with van der Waals surface area (Å²) in [4.78, 5) is 11.8. The zero-order valence-corrected chi connectivity index (χ0v) is 10.5. The van der Waals surface area contributed by atoms with Crippen LogP contribution < -0.4 is 10.6 Å². The highest BCUT2D eigenvalue weighted by atomic mass is 19.1. The molecule has 0 spiro atoms. The van der Waals surface area contributed by atoms with Crippen LogP contribution in [-0.2, 0) is 4.79 Å². The number of carbonyl (C=O) groups is 1. The number of nitrogens with one attached hydrogen (secondary N) is 2. The summed E-state index contributed by atoms with van der Waals surface area (Å²) >= 11 is 0. The van der Waals surface area contributed by atoms with Crippen molar-refractivity contribution in [2.24, 2.45) is 0 Å². The SMILES string of the molecule is CNC(C)CNC(=O)C(C)c1cccc(F)c1. The quantitative estimate of drug-likeness (QED) is 0.819. The Balaban J connectivity index is 2.57. The molecule has 94 valence electrons. The highest BCUT2D eigenvalue weighted by Gasteiger charge is 2.15. The largest absolute Gasteiger partial charge is 0.354 e. The van der Waals surface area contributed by atoms with Gasteiger partial charge in [0.05, 0.1) is 5.92 Å². The summed E-state index contributed by atoms with van der Waals surface area (Å²) < 4.78 is 13.0. The highest BCUT2D eigenvalue weighted by molar-refractivity contribution is 5.83. The van der Waals surface area contributed by atoms with E-state index >= 15 is 0 Å². The van der Waals surface area contributed by atoms with E-state index in [2.05, 4.69) is 10.6 Å². The second-order valence-electron chi connectivity index (χ2n) is 4.21. The van der Waals surface area contributed by atoms with Crippen LogP contribution in [0.15, 0.2) is 24.3 Å². The maximum absolute atomic E-state index is 13.0. The Morgan fingerprint density at radius 1 is 1.41 bits per heavy atom. The molecule has 2 unspecified atom stereocenters. The van der Waals surface area contributed by atoms with Crippen molar-refractivity contribution in [3.05, 3.63) is 35.6 Å². The van der Waals surface area contributed by atoms with Gasteiger partial charge in [0.1, 0.15) is 5.82 Å². The summed E-state index contributed by atoms with van der Waals surface area (Å²) in [5.74, 6) is -0.738. The van der Waals surface area contributed by atoms with E-state index in [1.807, 2.05) is 14.0 Å². The molecule has 1 rings (SSSR count). The van der Waals surface area contributed by atoms with Gasteiger partial charge in [0, 0.05) is 12.6 Å². The number of hydrogen-bond acceptors (Lipinski definition) is 2. The number of carbonyl (C=O) groups excluding carboxylic acids is 1. The van der Waals surface area contributed by atoms with Crippen molar-refractivity contribution in [3.8, 4) is 0 Å². The molecule has 0 bridgehead atoms. The molecule has 0 radical (unpaired) electrons. The predicted octanol–water partition coefficient (Wildman–Crippen LogP) is 1.65. The Morgan fingerprint density at radius 3 is 2.71 bits per heavy atom. The van der Waals surface area contributed by atoms with Crippen LogP contribution in [0.1, 0.15) is 25.3 Å². The summed E-state index contributed by atoms with van der Waals surface area (Å²) in [7, 11) is 1.84. The minimum atomic E-state index is -0.338. The Labute approximate surface area is 101 Å². The molecule has 3 nitrogen and oxygen atoms in total. The van der Waals surface area contributed by atoms with Crippen molar-refractivity contribution in [2.75, 3.05) is 13.6 Å². The first-order valence-corrected chi connectivity index (χ1v) is 5.75. The van der Waals surface area contributed by atoms with Gasteiger partial charge in [0.15, 0.2) is 0 Å². The van der Waals surface area contributed by atoms with E-state index in [1.54, 1.807) is 19.1 Å². The Bertz CT molecular complexity index is 381. The molecule has 0 heterocycles. The number of halogens is 1. The van der Waals surface area contributed by atoms with Crippen LogP contribution in [0.25, 0.3) is 0 Å². The molecule has 1 amide bonds. The lowest BCUT2D eigenvalue weighted by Crippen LogP contribution is -2.38. The summed E-state index contributed by atoms with van der Waals surface area (Å²) in [6, 6.07) is 6.36.